The number of hydrogen-bond donors (Lipinski definition) is 0. The summed E-state index contributed by atoms with van der Waals surface area (Å²) in [6.07, 6.45) is 0.648. The van der Waals surface area contributed by atoms with Gasteiger partial charge in [0.05, 0.1) is 17.4 Å². The molecule has 1 atom stereocenters. The Hall–Kier alpha value is -1.98. The van der Waals surface area contributed by atoms with E-state index < -0.39 is 0 Å². The van der Waals surface area contributed by atoms with E-state index in [0.717, 1.165) is 25.9 Å². The molecular formula is C21H15Br2FN2. The van der Waals surface area contributed by atoms with E-state index in [0.29, 0.717) is 12.0 Å². The van der Waals surface area contributed by atoms with Crippen LogP contribution in [0.2, 0.25) is 0 Å². The van der Waals surface area contributed by atoms with Crippen molar-refractivity contribution in [1.82, 2.24) is 0 Å². The zero-order valence-corrected chi connectivity index (χ0v) is 16.9. The van der Waals surface area contributed by atoms with Gasteiger partial charge in [-0.25, -0.2) is 4.39 Å². The fourth-order valence-electron chi connectivity index (χ4n) is 3.17. The predicted octanol–water partition coefficient (Wildman–Crippen LogP) is 6.71. The molecule has 1 aliphatic heterocycles. The van der Waals surface area contributed by atoms with Crippen molar-refractivity contribution in [3.8, 4) is 0 Å². The van der Waals surface area contributed by atoms with Gasteiger partial charge in [0, 0.05) is 20.9 Å². The lowest BCUT2D eigenvalue weighted by Gasteiger charge is -2.24. The van der Waals surface area contributed by atoms with Crippen LogP contribution in [0.15, 0.2) is 86.8 Å². The minimum atomic E-state index is -0.204. The van der Waals surface area contributed by atoms with E-state index >= 15 is 0 Å². The lowest BCUT2D eigenvalue weighted by Crippen LogP contribution is -2.19. The van der Waals surface area contributed by atoms with Crippen LogP contribution >= 0.6 is 31.9 Å². The Kier molecular flexibility index (Phi) is 4.92. The first-order chi connectivity index (χ1) is 12.6. The fourth-order valence-corrected chi connectivity index (χ4v) is 3.82. The monoisotopic (exact) mass is 472 g/mol. The maximum absolute atomic E-state index is 14.5. The summed E-state index contributed by atoms with van der Waals surface area (Å²) in [6, 6.07) is 22.7. The van der Waals surface area contributed by atoms with Crippen molar-refractivity contribution in [3.05, 3.63) is 98.7 Å². The molecule has 0 amide bonds. The number of nitrogens with zero attached hydrogens (tertiary/aromatic N) is 2. The van der Waals surface area contributed by atoms with Gasteiger partial charge in [0.25, 0.3) is 0 Å². The Morgan fingerprint density at radius 1 is 0.885 bits per heavy atom. The van der Waals surface area contributed by atoms with Crippen molar-refractivity contribution < 1.29 is 4.39 Å². The second-order valence-electron chi connectivity index (χ2n) is 6.12. The summed E-state index contributed by atoms with van der Waals surface area (Å²) in [4.78, 5) is 0. The third-order valence-electron chi connectivity index (χ3n) is 4.42. The quantitative estimate of drug-likeness (QED) is 0.412. The normalized spacial score (nSPS) is 16.7. The number of halogens is 3. The number of hydrazone groups is 1. The van der Waals surface area contributed by atoms with Gasteiger partial charge in [-0.1, -0.05) is 68.3 Å². The van der Waals surface area contributed by atoms with Crippen molar-refractivity contribution in [3.63, 3.8) is 0 Å². The fraction of sp³-hybridized carbons (Fsp3) is 0.0952. The summed E-state index contributed by atoms with van der Waals surface area (Å²) < 4.78 is 16.5. The minimum Gasteiger partial charge on any atom is -0.257 e. The first-order valence-electron chi connectivity index (χ1n) is 8.24. The largest absolute Gasteiger partial charge is 0.257 e. The lowest BCUT2D eigenvalue weighted by atomic mass is 9.98. The molecule has 3 aromatic rings. The van der Waals surface area contributed by atoms with Crippen molar-refractivity contribution in [2.75, 3.05) is 5.01 Å². The van der Waals surface area contributed by atoms with Crippen molar-refractivity contribution >= 4 is 43.3 Å². The summed E-state index contributed by atoms with van der Waals surface area (Å²) in [5, 5.41) is 6.76. The smallest absolute Gasteiger partial charge is 0.128 e. The molecule has 0 fully saturated rings. The van der Waals surface area contributed by atoms with E-state index in [-0.39, 0.29) is 11.9 Å². The highest BCUT2D eigenvalue weighted by Gasteiger charge is 2.31. The van der Waals surface area contributed by atoms with Crippen molar-refractivity contribution in [2.45, 2.75) is 12.5 Å². The molecule has 1 heterocycles. The number of anilines is 1. The topological polar surface area (TPSA) is 15.6 Å². The summed E-state index contributed by atoms with van der Waals surface area (Å²) in [5.74, 6) is -0.204. The highest BCUT2D eigenvalue weighted by molar-refractivity contribution is 9.10. The molecule has 3 aromatic carbocycles. The molecule has 0 radical (unpaired) electrons. The van der Waals surface area contributed by atoms with E-state index in [9.17, 15) is 4.39 Å². The Morgan fingerprint density at radius 3 is 2.38 bits per heavy atom. The van der Waals surface area contributed by atoms with Gasteiger partial charge in [0.1, 0.15) is 5.82 Å². The van der Waals surface area contributed by atoms with Crippen LogP contribution in [0.4, 0.5) is 10.1 Å². The van der Waals surface area contributed by atoms with E-state index in [2.05, 4.69) is 31.9 Å². The lowest BCUT2D eigenvalue weighted by molar-refractivity contribution is 0.579. The maximum atomic E-state index is 14.5. The van der Waals surface area contributed by atoms with Crippen LogP contribution in [0.25, 0.3) is 0 Å². The molecular weight excluding hydrogens is 459 g/mol. The average molecular weight is 474 g/mol. The number of rotatable bonds is 3. The third kappa shape index (κ3) is 3.46. The third-order valence-corrected chi connectivity index (χ3v) is 5.45. The maximum Gasteiger partial charge on any atom is 0.128 e. The number of hydrogen-bond acceptors (Lipinski definition) is 2. The van der Waals surface area contributed by atoms with Crippen LogP contribution in [0.5, 0.6) is 0 Å². The van der Waals surface area contributed by atoms with Gasteiger partial charge in [-0.15, -0.1) is 0 Å². The Morgan fingerprint density at radius 2 is 1.65 bits per heavy atom. The standard InChI is InChI=1S/C21H15Br2FN2/c22-15-10-8-14(9-11-15)20-13-21(18-6-1-2-7-19(18)24)26(25-20)17-5-3-4-16(23)12-17/h1-12,21H,13H2/t21-/m1/s1. The Labute approximate surface area is 168 Å². The molecule has 1 aliphatic rings. The predicted molar refractivity (Wildman–Crippen MR) is 111 cm³/mol. The van der Waals surface area contributed by atoms with Gasteiger partial charge in [0.2, 0.25) is 0 Å². The molecule has 5 heteroatoms. The zero-order valence-electron chi connectivity index (χ0n) is 13.7. The summed E-state index contributed by atoms with van der Waals surface area (Å²) in [6.45, 7) is 0. The summed E-state index contributed by atoms with van der Waals surface area (Å²) in [7, 11) is 0. The van der Waals surface area contributed by atoms with Crippen molar-refractivity contribution in [1.29, 1.82) is 0 Å². The molecule has 2 nitrogen and oxygen atoms in total. The molecule has 0 aliphatic carbocycles. The highest BCUT2D eigenvalue weighted by atomic mass is 79.9. The van der Waals surface area contributed by atoms with Gasteiger partial charge in [0.15, 0.2) is 0 Å². The van der Waals surface area contributed by atoms with Gasteiger partial charge in [-0.05, 0) is 42.0 Å². The summed E-state index contributed by atoms with van der Waals surface area (Å²) >= 11 is 6.98. The molecule has 130 valence electrons. The highest BCUT2D eigenvalue weighted by Crippen LogP contribution is 2.38. The number of benzene rings is 3. The molecule has 0 bridgehead atoms. The second-order valence-corrected chi connectivity index (χ2v) is 7.95. The van der Waals surface area contributed by atoms with Crippen LogP contribution in [0, 0.1) is 5.82 Å². The van der Waals surface area contributed by atoms with E-state index in [1.165, 1.54) is 6.07 Å². The van der Waals surface area contributed by atoms with E-state index in [1.54, 1.807) is 6.07 Å². The Balaban J connectivity index is 1.78. The first-order valence-corrected chi connectivity index (χ1v) is 9.83. The van der Waals surface area contributed by atoms with Crippen LogP contribution in [0.1, 0.15) is 23.6 Å². The van der Waals surface area contributed by atoms with Gasteiger partial charge >= 0.3 is 0 Å². The van der Waals surface area contributed by atoms with Crippen LogP contribution < -0.4 is 5.01 Å². The average Bonchev–Trinajstić information content (AvgIpc) is 3.08. The van der Waals surface area contributed by atoms with Gasteiger partial charge < -0.3 is 0 Å². The molecule has 4 rings (SSSR count). The molecule has 0 saturated carbocycles. The molecule has 0 spiro atoms. The van der Waals surface area contributed by atoms with Crippen LogP contribution in [0.3, 0.4) is 0 Å². The molecule has 0 aromatic heterocycles. The molecule has 0 unspecified atom stereocenters. The van der Waals surface area contributed by atoms with Gasteiger partial charge in [-0.3, -0.25) is 5.01 Å². The van der Waals surface area contributed by atoms with E-state index in [1.807, 2.05) is 65.7 Å². The Bertz CT molecular complexity index is 970. The summed E-state index contributed by atoms with van der Waals surface area (Å²) in [5.41, 5.74) is 3.58. The van der Waals surface area contributed by atoms with Crippen LogP contribution in [-0.2, 0) is 0 Å². The molecule has 26 heavy (non-hydrogen) atoms. The van der Waals surface area contributed by atoms with Crippen molar-refractivity contribution in [2.24, 2.45) is 5.10 Å². The molecule has 0 N–H and O–H groups in total. The molecule has 0 saturated heterocycles. The van der Waals surface area contributed by atoms with Gasteiger partial charge in [-0.2, -0.15) is 5.10 Å². The second kappa shape index (κ2) is 7.33. The minimum absolute atomic E-state index is 0.177. The first kappa shape index (κ1) is 17.4. The SMILES string of the molecule is Fc1ccccc1[C@H]1CC(c2ccc(Br)cc2)=NN1c1cccc(Br)c1. The van der Waals surface area contributed by atoms with E-state index in [4.69, 9.17) is 5.10 Å². The zero-order chi connectivity index (χ0) is 18.1. The van der Waals surface area contributed by atoms with Crippen LogP contribution in [-0.4, -0.2) is 5.71 Å².